The standard InChI is InChI=1S/C24H34O6/c1-18(2)10-8-14-27-22(25)24(23(26)28-15-9-11-19(3)4)29-17-21(30-24)16-20-12-6-5-7-13-20/h5-7,12-13,17-19H,8-11,14-16H2,1-4H3. The van der Waals surface area contributed by atoms with Gasteiger partial charge in [-0.3, -0.25) is 0 Å². The number of benzene rings is 1. The number of carbonyl (C=O) groups is 2. The molecule has 166 valence electrons. The minimum absolute atomic E-state index is 0.195. The largest absolute Gasteiger partial charge is 0.459 e. The Morgan fingerprint density at radius 2 is 1.43 bits per heavy atom. The molecule has 0 saturated carbocycles. The van der Waals surface area contributed by atoms with Crippen molar-refractivity contribution in [1.29, 1.82) is 0 Å². The summed E-state index contributed by atoms with van der Waals surface area (Å²) in [6.07, 6.45) is 4.93. The quantitative estimate of drug-likeness (QED) is 0.277. The Morgan fingerprint density at radius 1 is 0.900 bits per heavy atom. The van der Waals surface area contributed by atoms with Crippen molar-refractivity contribution >= 4 is 11.9 Å². The molecule has 0 spiro atoms. The molecule has 0 N–H and O–H groups in total. The zero-order valence-electron chi connectivity index (χ0n) is 18.5. The van der Waals surface area contributed by atoms with Gasteiger partial charge >= 0.3 is 17.7 Å². The fourth-order valence-electron chi connectivity index (χ4n) is 3.02. The van der Waals surface area contributed by atoms with E-state index in [-0.39, 0.29) is 13.2 Å². The van der Waals surface area contributed by atoms with Gasteiger partial charge in [-0.05, 0) is 43.1 Å². The van der Waals surface area contributed by atoms with E-state index in [2.05, 4.69) is 27.7 Å². The van der Waals surface area contributed by atoms with Crippen LogP contribution < -0.4 is 0 Å². The molecule has 1 aromatic rings. The van der Waals surface area contributed by atoms with Gasteiger partial charge in [-0.25, -0.2) is 9.59 Å². The summed E-state index contributed by atoms with van der Waals surface area (Å²) in [6.45, 7) is 8.78. The number of esters is 2. The van der Waals surface area contributed by atoms with Gasteiger partial charge in [-0.15, -0.1) is 0 Å². The molecule has 1 heterocycles. The number of ether oxygens (including phenoxy) is 4. The minimum atomic E-state index is -2.22. The first-order chi connectivity index (χ1) is 14.3. The molecule has 0 saturated heterocycles. The Morgan fingerprint density at radius 3 is 1.93 bits per heavy atom. The van der Waals surface area contributed by atoms with Gasteiger partial charge in [-0.1, -0.05) is 58.0 Å². The van der Waals surface area contributed by atoms with Crippen LogP contribution in [0.25, 0.3) is 0 Å². The number of hydrogen-bond acceptors (Lipinski definition) is 6. The second-order valence-corrected chi connectivity index (χ2v) is 8.43. The third kappa shape index (κ3) is 7.08. The van der Waals surface area contributed by atoms with E-state index in [0.29, 0.717) is 36.9 Å². The van der Waals surface area contributed by atoms with E-state index >= 15 is 0 Å². The number of rotatable bonds is 12. The molecule has 0 amide bonds. The van der Waals surface area contributed by atoms with E-state index < -0.39 is 17.7 Å². The fraction of sp³-hybridized carbons (Fsp3) is 0.583. The Hall–Kier alpha value is -2.50. The molecule has 6 nitrogen and oxygen atoms in total. The number of hydrogen-bond donors (Lipinski definition) is 0. The molecular weight excluding hydrogens is 384 g/mol. The Balaban J connectivity index is 2.01. The minimum Gasteiger partial charge on any atom is -0.459 e. The third-order valence-corrected chi connectivity index (χ3v) is 4.71. The third-order valence-electron chi connectivity index (χ3n) is 4.71. The van der Waals surface area contributed by atoms with Gasteiger partial charge in [-0.2, -0.15) is 0 Å². The van der Waals surface area contributed by atoms with Crippen LogP contribution >= 0.6 is 0 Å². The van der Waals surface area contributed by atoms with Crippen LogP contribution in [-0.2, 0) is 35.0 Å². The van der Waals surface area contributed by atoms with Crippen LogP contribution in [0.3, 0.4) is 0 Å². The SMILES string of the molecule is CC(C)CCCOC(=O)C1(C(=O)OCCCC(C)C)OC=C(Cc2ccccc2)O1. The highest BCUT2D eigenvalue weighted by atomic mass is 16.8. The van der Waals surface area contributed by atoms with Gasteiger partial charge in [0.25, 0.3) is 0 Å². The molecule has 1 aliphatic rings. The van der Waals surface area contributed by atoms with Gasteiger partial charge in [0.1, 0.15) is 12.0 Å². The molecule has 30 heavy (non-hydrogen) atoms. The molecular formula is C24H34O6. The average Bonchev–Trinajstić information content (AvgIpc) is 3.14. The van der Waals surface area contributed by atoms with Crippen molar-refractivity contribution in [2.75, 3.05) is 13.2 Å². The lowest BCUT2D eigenvalue weighted by Crippen LogP contribution is -2.50. The summed E-state index contributed by atoms with van der Waals surface area (Å²) in [4.78, 5) is 25.6. The van der Waals surface area contributed by atoms with Gasteiger partial charge in [0.2, 0.25) is 0 Å². The highest BCUT2D eigenvalue weighted by molar-refractivity contribution is 6.02. The lowest BCUT2D eigenvalue weighted by atomic mass is 10.1. The second kappa shape index (κ2) is 11.6. The second-order valence-electron chi connectivity index (χ2n) is 8.43. The van der Waals surface area contributed by atoms with Gasteiger partial charge in [0.15, 0.2) is 0 Å². The van der Waals surface area contributed by atoms with Crippen molar-refractivity contribution in [2.24, 2.45) is 11.8 Å². The van der Waals surface area contributed by atoms with Crippen molar-refractivity contribution in [2.45, 2.75) is 65.6 Å². The van der Waals surface area contributed by atoms with Crippen LogP contribution in [0, 0.1) is 11.8 Å². The molecule has 1 aromatic carbocycles. The van der Waals surface area contributed by atoms with E-state index in [0.717, 1.165) is 18.4 Å². The maximum Gasteiger partial charge on any atom is 0.452 e. The monoisotopic (exact) mass is 418 g/mol. The van der Waals surface area contributed by atoms with Crippen molar-refractivity contribution in [3.05, 3.63) is 47.9 Å². The first kappa shape index (κ1) is 23.8. The van der Waals surface area contributed by atoms with Gasteiger partial charge in [0, 0.05) is 6.42 Å². The maximum absolute atomic E-state index is 12.8. The average molecular weight is 419 g/mol. The van der Waals surface area contributed by atoms with Gasteiger partial charge < -0.3 is 18.9 Å². The summed E-state index contributed by atoms with van der Waals surface area (Å²) in [6, 6.07) is 9.59. The van der Waals surface area contributed by atoms with Crippen molar-refractivity contribution in [3.8, 4) is 0 Å². The molecule has 0 aliphatic carbocycles. The topological polar surface area (TPSA) is 71.1 Å². The normalized spacial score (nSPS) is 14.8. The van der Waals surface area contributed by atoms with Crippen LogP contribution in [-0.4, -0.2) is 30.9 Å². The maximum atomic E-state index is 12.8. The molecule has 6 heteroatoms. The molecule has 2 rings (SSSR count). The predicted molar refractivity (Wildman–Crippen MR) is 113 cm³/mol. The van der Waals surface area contributed by atoms with Crippen molar-refractivity contribution in [3.63, 3.8) is 0 Å². The molecule has 0 bridgehead atoms. The van der Waals surface area contributed by atoms with E-state index in [1.807, 2.05) is 30.3 Å². The first-order valence-corrected chi connectivity index (χ1v) is 10.8. The van der Waals surface area contributed by atoms with Crippen molar-refractivity contribution in [1.82, 2.24) is 0 Å². The Bertz CT molecular complexity index is 680. The van der Waals surface area contributed by atoms with E-state index in [9.17, 15) is 9.59 Å². The van der Waals surface area contributed by atoms with Gasteiger partial charge in [0.05, 0.1) is 13.2 Å². The Kier molecular flexibility index (Phi) is 9.21. The fourth-order valence-corrected chi connectivity index (χ4v) is 3.02. The van der Waals surface area contributed by atoms with E-state index in [4.69, 9.17) is 18.9 Å². The van der Waals surface area contributed by atoms with Crippen LogP contribution in [0.2, 0.25) is 0 Å². The lowest BCUT2D eigenvalue weighted by Gasteiger charge is -2.24. The van der Waals surface area contributed by atoms with Crippen molar-refractivity contribution < 1.29 is 28.5 Å². The zero-order chi connectivity index (χ0) is 22.0. The highest BCUT2D eigenvalue weighted by Gasteiger charge is 2.58. The number of carbonyl (C=O) groups excluding carboxylic acids is 2. The summed E-state index contributed by atoms with van der Waals surface area (Å²) in [5.74, 6) is -2.60. The van der Waals surface area contributed by atoms with Crippen LogP contribution in [0.15, 0.2) is 42.4 Å². The molecule has 0 radical (unpaired) electrons. The highest BCUT2D eigenvalue weighted by Crippen LogP contribution is 2.31. The lowest BCUT2D eigenvalue weighted by molar-refractivity contribution is -0.219. The van der Waals surface area contributed by atoms with Crippen LogP contribution in [0.5, 0.6) is 0 Å². The van der Waals surface area contributed by atoms with Crippen LogP contribution in [0.4, 0.5) is 0 Å². The molecule has 0 atom stereocenters. The zero-order valence-corrected chi connectivity index (χ0v) is 18.5. The smallest absolute Gasteiger partial charge is 0.452 e. The van der Waals surface area contributed by atoms with E-state index in [1.54, 1.807) is 0 Å². The number of allylic oxidation sites excluding steroid dienone is 1. The molecule has 0 unspecified atom stereocenters. The summed E-state index contributed by atoms with van der Waals surface area (Å²) in [5.41, 5.74) is 0.971. The molecule has 0 fully saturated rings. The van der Waals surface area contributed by atoms with Crippen LogP contribution in [0.1, 0.15) is 58.9 Å². The van der Waals surface area contributed by atoms with E-state index in [1.165, 1.54) is 6.26 Å². The predicted octanol–water partition coefficient (Wildman–Crippen LogP) is 4.77. The summed E-state index contributed by atoms with van der Waals surface area (Å²) in [5, 5.41) is 0. The summed E-state index contributed by atoms with van der Waals surface area (Å²) in [7, 11) is 0. The first-order valence-electron chi connectivity index (χ1n) is 10.8. The summed E-state index contributed by atoms with van der Waals surface area (Å²) >= 11 is 0. The molecule has 0 aromatic heterocycles. The molecule has 1 aliphatic heterocycles. The summed E-state index contributed by atoms with van der Waals surface area (Å²) < 4.78 is 21.8. The Labute approximate surface area is 179 Å².